The lowest BCUT2D eigenvalue weighted by Crippen LogP contribution is -2.29. The van der Waals surface area contributed by atoms with Crippen LogP contribution in [-0.4, -0.2) is 34.4 Å². The number of aryl methyl sites for hydroxylation is 1. The average molecular weight is 393 g/mol. The topological polar surface area (TPSA) is 94.1 Å². The van der Waals surface area contributed by atoms with E-state index in [9.17, 15) is 9.59 Å². The number of carbonyl (C=O) groups excluding carboxylic acids is 1. The molecule has 2 aromatic heterocycles. The first-order chi connectivity index (χ1) is 11.4. The van der Waals surface area contributed by atoms with Gasteiger partial charge in [0.15, 0.2) is 0 Å². The van der Waals surface area contributed by atoms with Gasteiger partial charge in [-0.25, -0.2) is 4.79 Å². The van der Waals surface area contributed by atoms with E-state index in [0.29, 0.717) is 27.7 Å². The Morgan fingerprint density at radius 2 is 2.00 bits per heavy atom. The minimum Gasteiger partial charge on any atom is -0.465 e. The molecule has 3 aromatic rings. The van der Waals surface area contributed by atoms with Crippen LogP contribution in [0.5, 0.6) is 0 Å². The van der Waals surface area contributed by atoms with Gasteiger partial charge in [0.05, 0.1) is 29.8 Å². The lowest BCUT2D eigenvalue weighted by molar-refractivity contribution is -0.117. The third-order valence-corrected chi connectivity index (χ3v) is 4.17. The molecule has 3 rings (SSSR count). The van der Waals surface area contributed by atoms with Crippen LogP contribution in [0.25, 0.3) is 11.0 Å². The third-order valence-electron chi connectivity index (χ3n) is 3.51. The van der Waals surface area contributed by atoms with Crippen molar-refractivity contribution in [2.24, 2.45) is 0 Å². The molecule has 3 N–H and O–H groups in total. The van der Waals surface area contributed by atoms with Gasteiger partial charge in [-0.05, 0) is 54.2 Å². The van der Waals surface area contributed by atoms with Crippen LogP contribution in [0, 0.1) is 6.92 Å². The van der Waals surface area contributed by atoms with Gasteiger partial charge in [-0.15, -0.1) is 0 Å². The number of hydrogen-bond acceptors (Lipinski definition) is 4. The zero-order chi connectivity index (χ0) is 17.3. The highest BCUT2D eigenvalue weighted by Crippen LogP contribution is 2.26. The Hall–Kier alpha value is -2.32. The van der Waals surface area contributed by atoms with E-state index >= 15 is 0 Å². The van der Waals surface area contributed by atoms with Gasteiger partial charge >= 0.3 is 5.69 Å². The van der Waals surface area contributed by atoms with Crippen molar-refractivity contribution >= 4 is 38.6 Å². The molecule has 1 amide bonds. The number of halogens is 1. The number of H-pyrrole nitrogens is 2. The van der Waals surface area contributed by atoms with Crippen LogP contribution in [0.4, 0.5) is 5.69 Å². The Balaban J connectivity index is 1.65. The molecule has 0 aliphatic rings. The molecule has 126 valence electrons. The van der Waals surface area contributed by atoms with E-state index < -0.39 is 0 Å². The molecule has 0 spiro atoms. The van der Waals surface area contributed by atoms with Gasteiger partial charge in [0.1, 0.15) is 11.5 Å². The van der Waals surface area contributed by atoms with Crippen LogP contribution >= 0.6 is 15.9 Å². The van der Waals surface area contributed by atoms with Crippen molar-refractivity contribution in [3.63, 3.8) is 0 Å². The monoisotopic (exact) mass is 392 g/mol. The summed E-state index contributed by atoms with van der Waals surface area (Å²) in [6.07, 6.45) is 0. The van der Waals surface area contributed by atoms with Crippen LogP contribution in [0.2, 0.25) is 0 Å². The summed E-state index contributed by atoms with van der Waals surface area (Å²) in [6, 6.07) is 7.26. The maximum Gasteiger partial charge on any atom is 0.323 e. The Kier molecular flexibility index (Phi) is 4.59. The lowest BCUT2D eigenvalue weighted by atomic mass is 10.2. The predicted octanol–water partition coefficient (Wildman–Crippen LogP) is 2.59. The van der Waals surface area contributed by atoms with E-state index in [1.54, 1.807) is 12.1 Å². The summed E-state index contributed by atoms with van der Waals surface area (Å²) in [5.41, 5.74) is 1.63. The van der Waals surface area contributed by atoms with Crippen LogP contribution in [0.3, 0.4) is 0 Å². The van der Waals surface area contributed by atoms with Gasteiger partial charge in [0.2, 0.25) is 5.91 Å². The highest BCUT2D eigenvalue weighted by Gasteiger charge is 2.12. The molecular weight excluding hydrogens is 376 g/mol. The van der Waals surface area contributed by atoms with Crippen LogP contribution in [-0.2, 0) is 11.3 Å². The number of imidazole rings is 1. The van der Waals surface area contributed by atoms with Crippen molar-refractivity contribution in [3.8, 4) is 0 Å². The van der Waals surface area contributed by atoms with E-state index in [-0.39, 0.29) is 18.1 Å². The molecule has 0 unspecified atom stereocenters. The van der Waals surface area contributed by atoms with E-state index in [4.69, 9.17) is 4.42 Å². The maximum atomic E-state index is 12.2. The summed E-state index contributed by atoms with van der Waals surface area (Å²) in [5, 5.41) is 2.84. The molecule has 7 nitrogen and oxygen atoms in total. The van der Waals surface area contributed by atoms with Crippen molar-refractivity contribution in [2.45, 2.75) is 13.5 Å². The first-order valence-electron chi connectivity index (χ1n) is 7.36. The molecule has 0 atom stereocenters. The molecule has 0 radical (unpaired) electrons. The number of fused-ring (bicyclic) bond motifs is 1. The number of amides is 1. The van der Waals surface area contributed by atoms with Gasteiger partial charge in [-0.1, -0.05) is 0 Å². The largest absolute Gasteiger partial charge is 0.465 e. The number of likely N-dealkylation sites (N-methyl/N-ethyl adjacent to an activating group) is 1. The van der Waals surface area contributed by atoms with E-state index in [0.717, 1.165) is 11.5 Å². The number of anilines is 1. The molecule has 0 saturated carbocycles. The minimum absolute atomic E-state index is 0.154. The second-order valence-corrected chi connectivity index (χ2v) is 6.54. The van der Waals surface area contributed by atoms with Crippen molar-refractivity contribution in [2.75, 3.05) is 18.9 Å². The molecule has 8 heteroatoms. The number of aromatic nitrogens is 2. The first kappa shape index (κ1) is 16.5. The smallest absolute Gasteiger partial charge is 0.323 e. The Morgan fingerprint density at radius 1 is 1.29 bits per heavy atom. The molecule has 0 aliphatic carbocycles. The highest BCUT2D eigenvalue weighted by molar-refractivity contribution is 9.10. The Bertz CT molecular complexity index is 940. The fourth-order valence-electron chi connectivity index (χ4n) is 2.48. The summed E-state index contributed by atoms with van der Waals surface area (Å²) in [6.45, 7) is 2.65. The molecule has 24 heavy (non-hydrogen) atoms. The van der Waals surface area contributed by atoms with E-state index in [2.05, 4.69) is 31.2 Å². The van der Waals surface area contributed by atoms with Gasteiger partial charge in [0.25, 0.3) is 0 Å². The Morgan fingerprint density at radius 3 is 2.67 bits per heavy atom. The molecular formula is C16H17BrN4O3. The number of aromatic amines is 2. The van der Waals surface area contributed by atoms with Gasteiger partial charge < -0.3 is 19.7 Å². The van der Waals surface area contributed by atoms with Crippen molar-refractivity contribution in [3.05, 3.63) is 50.7 Å². The van der Waals surface area contributed by atoms with Crippen LogP contribution in [0.1, 0.15) is 11.5 Å². The van der Waals surface area contributed by atoms with E-state index in [1.807, 2.05) is 31.0 Å². The zero-order valence-electron chi connectivity index (χ0n) is 13.3. The Labute approximate surface area is 146 Å². The fourth-order valence-corrected chi connectivity index (χ4v) is 2.92. The fraction of sp³-hybridized carbons (Fsp3) is 0.250. The van der Waals surface area contributed by atoms with Crippen LogP contribution < -0.4 is 11.0 Å². The van der Waals surface area contributed by atoms with Gasteiger partial charge in [-0.2, -0.15) is 0 Å². The van der Waals surface area contributed by atoms with E-state index in [1.165, 1.54) is 0 Å². The normalized spacial score (nSPS) is 11.3. The molecule has 0 aliphatic heterocycles. The maximum absolute atomic E-state index is 12.2. The standard InChI is InChI=1S/C16H17BrN4O3/c1-9-3-4-10(24-9)7-21(2)8-15(22)18-12-6-14-13(5-11(12)17)19-16(23)20-14/h3-6H,7-8H2,1-2H3,(H,18,22)(H2,19,20,23). The number of rotatable bonds is 5. The predicted molar refractivity (Wildman–Crippen MR) is 95.0 cm³/mol. The number of nitrogens with one attached hydrogen (secondary N) is 3. The number of nitrogens with zero attached hydrogens (tertiary/aromatic N) is 1. The molecule has 1 aromatic carbocycles. The van der Waals surface area contributed by atoms with Crippen molar-refractivity contribution in [1.29, 1.82) is 0 Å². The molecule has 2 heterocycles. The summed E-state index contributed by atoms with van der Waals surface area (Å²) in [7, 11) is 1.85. The zero-order valence-corrected chi connectivity index (χ0v) is 14.9. The number of carbonyl (C=O) groups is 1. The number of hydrogen-bond donors (Lipinski definition) is 3. The SMILES string of the molecule is Cc1ccc(CN(C)CC(=O)Nc2cc3[nH]c(=O)[nH]c3cc2Br)o1. The highest BCUT2D eigenvalue weighted by atomic mass is 79.9. The molecule has 0 fully saturated rings. The van der Waals surface area contributed by atoms with Crippen LogP contribution in [0.15, 0.2) is 37.9 Å². The summed E-state index contributed by atoms with van der Waals surface area (Å²) >= 11 is 3.40. The van der Waals surface area contributed by atoms with Gasteiger partial charge in [-0.3, -0.25) is 9.69 Å². The summed E-state index contributed by atoms with van der Waals surface area (Å²) in [5.74, 6) is 1.51. The van der Waals surface area contributed by atoms with Gasteiger partial charge in [0, 0.05) is 4.47 Å². The first-order valence-corrected chi connectivity index (χ1v) is 8.15. The second kappa shape index (κ2) is 6.66. The third kappa shape index (κ3) is 3.77. The molecule has 0 saturated heterocycles. The van der Waals surface area contributed by atoms with Crippen molar-refractivity contribution in [1.82, 2.24) is 14.9 Å². The number of benzene rings is 1. The minimum atomic E-state index is -0.283. The quantitative estimate of drug-likeness (QED) is 0.621. The lowest BCUT2D eigenvalue weighted by Gasteiger charge is -2.15. The summed E-state index contributed by atoms with van der Waals surface area (Å²) in [4.78, 5) is 30.8. The summed E-state index contributed by atoms with van der Waals surface area (Å²) < 4.78 is 6.20. The second-order valence-electron chi connectivity index (χ2n) is 5.69. The van der Waals surface area contributed by atoms with Crippen molar-refractivity contribution < 1.29 is 9.21 Å². The average Bonchev–Trinajstić information content (AvgIpc) is 3.03. The molecule has 0 bridgehead atoms. The number of furan rings is 1.